The van der Waals surface area contributed by atoms with Crippen molar-refractivity contribution in [1.82, 2.24) is 0 Å². The van der Waals surface area contributed by atoms with E-state index >= 15 is 0 Å². The quantitative estimate of drug-likeness (QED) is 0.803. The molecule has 1 N–H and O–H groups in total. The molecule has 0 heterocycles. The predicted molar refractivity (Wildman–Crippen MR) is 89.5 cm³/mol. The Labute approximate surface area is 134 Å². The molecule has 0 aliphatic carbocycles. The number of anilines is 1. The number of hydrogen-bond donors (Lipinski definition) is 1. The first-order valence-electron chi connectivity index (χ1n) is 6.83. The lowest BCUT2D eigenvalue weighted by molar-refractivity contribution is 0.182. The Morgan fingerprint density at radius 1 is 1.00 bits per heavy atom. The normalized spacial score (nSPS) is 12.1. The molecule has 0 spiro atoms. The van der Waals surface area contributed by atoms with Crippen LogP contribution in [0.2, 0.25) is 0 Å². The van der Waals surface area contributed by atoms with Gasteiger partial charge in [0.1, 0.15) is 0 Å². The molecular weight excluding hydrogens is 330 g/mol. The number of rotatable bonds is 7. The molecule has 0 saturated heterocycles. The molecule has 2 aromatic carbocycles. The lowest BCUT2D eigenvalue weighted by Gasteiger charge is -2.22. The van der Waals surface area contributed by atoms with Gasteiger partial charge in [0.15, 0.2) is 0 Å². The highest BCUT2D eigenvalue weighted by molar-refractivity contribution is 9.10. The summed E-state index contributed by atoms with van der Waals surface area (Å²) in [4.78, 5) is 0. The van der Waals surface area contributed by atoms with Gasteiger partial charge in [0, 0.05) is 29.9 Å². The zero-order chi connectivity index (χ0) is 15.1. The third-order valence-corrected chi connectivity index (χ3v) is 4.02. The standard InChI is InChI=1S/C17H20BrNO2/c1-20-11-14-15(18)9-6-10-16(14)19-17(12-21-2)13-7-4-3-5-8-13/h3-10,17,19H,11-12H2,1-2H3. The first kappa shape index (κ1) is 16.0. The Kier molecular flexibility index (Phi) is 6.23. The van der Waals surface area contributed by atoms with Crippen LogP contribution in [-0.2, 0) is 16.1 Å². The lowest BCUT2D eigenvalue weighted by atomic mass is 10.1. The van der Waals surface area contributed by atoms with Crippen molar-refractivity contribution < 1.29 is 9.47 Å². The van der Waals surface area contributed by atoms with Crippen molar-refractivity contribution in [1.29, 1.82) is 0 Å². The maximum absolute atomic E-state index is 5.36. The molecule has 0 bridgehead atoms. The van der Waals surface area contributed by atoms with Crippen LogP contribution < -0.4 is 5.32 Å². The SMILES string of the molecule is COCc1c(Br)cccc1NC(COC)c1ccccc1. The van der Waals surface area contributed by atoms with E-state index in [9.17, 15) is 0 Å². The van der Waals surface area contributed by atoms with Crippen LogP contribution in [0.25, 0.3) is 0 Å². The van der Waals surface area contributed by atoms with Crippen molar-refractivity contribution >= 4 is 21.6 Å². The van der Waals surface area contributed by atoms with Gasteiger partial charge in [0.05, 0.1) is 19.3 Å². The van der Waals surface area contributed by atoms with Crippen LogP contribution in [0.3, 0.4) is 0 Å². The summed E-state index contributed by atoms with van der Waals surface area (Å²) < 4.78 is 11.7. The Balaban J connectivity index is 2.27. The molecule has 0 saturated carbocycles. The molecule has 0 amide bonds. The fraction of sp³-hybridized carbons (Fsp3) is 0.294. The molecule has 4 heteroatoms. The van der Waals surface area contributed by atoms with E-state index in [1.807, 2.05) is 30.3 Å². The molecule has 112 valence electrons. The van der Waals surface area contributed by atoms with Gasteiger partial charge in [-0.15, -0.1) is 0 Å². The van der Waals surface area contributed by atoms with E-state index in [4.69, 9.17) is 9.47 Å². The summed E-state index contributed by atoms with van der Waals surface area (Å²) in [5.41, 5.74) is 3.36. The molecule has 1 atom stereocenters. The van der Waals surface area contributed by atoms with Crippen LogP contribution in [0.1, 0.15) is 17.2 Å². The van der Waals surface area contributed by atoms with E-state index in [-0.39, 0.29) is 6.04 Å². The molecule has 0 radical (unpaired) electrons. The average molecular weight is 350 g/mol. The maximum atomic E-state index is 5.36. The summed E-state index contributed by atoms with van der Waals surface area (Å²) in [7, 11) is 3.42. The number of nitrogens with one attached hydrogen (secondary N) is 1. The van der Waals surface area contributed by atoms with E-state index in [1.54, 1.807) is 14.2 Å². The van der Waals surface area contributed by atoms with Gasteiger partial charge in [0.2, 0.25) is 0 Å². The fourth-order valence-corrected chi connectivity index (χ4v) is 2.73. The minimum absolute atomic E-state index is 0.0982. The first-order chi connectivity index (χ1) is 10.3. The van der Waals surface area contributed by atoms with Crippen LogP contribution in [0, 0.1) is 0 Å². The Morgan fingerprint density at radius 2 is 1.76 bits per heavy atom. The number of methoxy groups -OCH3 is 2. The van der Waals surface area contributed by atoms with Gasteiger partial charge in [-0.05, 0) is 17.7 Å². The zero-order valence-corrected chi connectivity index (χ0v) is 13.9. The van der Waals surface area contributed by atoms with Gasteiger partial charge in [-0.1, -0.05) is 52.3 Å². The van der Waals surface area contributed by atoms with Crippen molar-refractivity contribution in [2.75, 3.05) is 26.1 Å². The highest BCUT2D eigenvalue weighted by Crippen LogP contribution is 2.29. The second-order valence-corrected chi connectivity index (χ2v) is 5.62. The van der Waals surface area contributed by atoms with E-state index in [0.29, 0.717) is 13.2 Å². The predicted octanol–water partition coefficient (Wildman–Crippen LogP) is 4.40. The summed E-state index contributed by atoms with van der Waals surface area (Å²) in [5, 5.41) is 3.56. The van der Waals surface area contributed by atoms with Crippen LogP contribution in [0.4, 0.5) is 5.69 Å². The first-order valence-corrected chi connectivity index (χ1v) is 7.62. The van der Waals surface area contributed by atoms with Gasteiger partial charge >= 0.3 is 0 Å². The van der Waals surface area contributed by atoms with Gasteiger partial charge < -0.3 is 14.8 Å². The number of hydrogen-bond acceptors (Lipinski definition) is 3. The summed E-state index contributed by atoms with van der Waals surface area (Å²) in [5.74, 6) is 0. The molecule has 1 unspecified atom stereocenters. The van der Waals surface area contributed by atoms with Crippen LogP contribution in [-0.4, -0.2) is 20.8 Å². The van der Waals surface area contributed by atoms with Crippen molar-refractivity contribution in [2.24, 2.45) is 0 Å². The van der Waals surface area contributed by atoms with Gasteiger partial charge in [-0.2, -0.15) is 0 Å². The third kappa shape index (κ3) is 4.30. The average Bonchev–Trinajstić information content (AvgIpc) is 2.51. The van der Waals surface area contributed by atoms with Crippen molar-refractivity contribution in [2.45, 2.75) is 12.6 Å². The smallest absolute Gasteiger partial charge is 0.0747 e. The van der Waals surface area contributed by atoms with Gasteiger partial charge in [-0.25, -0.2) is 0 Å². The van der Waals surface area contributed by atoms with Crippen molar-refractivity contribution in [3.05, 3.63) is 64.1 Å². The molecular formula is C17H20BrNO2. The Bertz CT molecular complexity index is 560. The Morgan fingerprint density at radius 3 is 2.43 bits per heavy atom. The summed E-state index contributed by atoms with van der Waals surface area (Å²) in [6, 6.07) is 16.5. The summed E-state index contributed by atoms with van der Waals surface area (Å²) in [6.45, 7) is 1.15. The summed E-state index contributed by atoms with van der Waals surface area (Å²) in [6.07, 6.45) is 0. The zero-order valence-electron chi connectivity index (χ0n) is 12.3. The third-order valence-electron chi connectivity index (χ3n) is 3.27. The highest BCUT2D eigenvalue weighted by atomic mass is 79.9. The van der Waals surface area contributed by atoms with Gasteiger partial charge in [-0.3, -0.25) is 0 Å². The van der Waals surface area contributed by atoms with Gasteiger partial charge in [0.25, 0.3) is 0 Å². The maximum Gasteiger partial charge on any atom is 0.0747 e. The monoisotopic (exact) mass is 349 g/mol. The van der Waals surface area contributed by atoms with E-state index < -0.39 is 0 Å². The number of benzene rings is 2. The van der Waals surface area contributed by atoms with Crippen molar-refractivity contribution in [3.8, 4) is 0 Å². The second-order valence-electron chi connectivity index (χ2n) is 4.76. The van der Waals surface area contributed by atoms with Crippen LogP contribution in [0.5, 0.6) is 0 Å². The van der Waals surface area contributed by atoms with E-state index in [2.05, 4.69) is 39.4 Å². The molecule has 3 nitrogen and oxygen atoms in total. The number of ether oxygens (including phenoxy) is 2. The molecule has 0 aliphatic heterocycles. The van der Waals surface area contributed by atoms with Crippen LogP contribution in [0.15, 0.2) is 53.0 Å². The van der Waals surface area contributed by atoms with E-state index in [0.717, 1.165) is 15.7 Å². The fourth-order valence-electron chi connectivity index (χ4n) is 2.25. The molecule has 21 heavy (non-hydrogen) atoms. The summed E-state index contributed by atoms with van der Waals surface area (Å²) >= 11 is 3.58. The Hall–Kier alpha value is -1.36. The van der Waals surface area contributed by atoms with Crippen molar-refractivity contribution in [3.63, 3.8) is 0 Å². The molecule has 0 aliphatic rings. The molecule has 0 fully saturated rings. The molecule has 2 aromatic rings. The van der Waals surface area contributed by atoms with Crippen LogP contribution >= 0.6 is 15.9 Å². The molecule has 0 aromatic heterocycles. The molecule has 2 rings (SSSR count). The van der Waals surface area contributed by atoms with E-state index in [1.165, 1.54) is 5.56 Å². The topological polar surface area (TPSA) is 30.5 Å². The second kappa shape index (κ2) is 8.17. The number of halogens is 1. The highest BCUT2D eigenvalue weighted by Gasteiger charge is 2.14. The minimum atomic E-state index is 0.0982. The minimum Gasteiger partial charge on any atom is -0.382 e. The lowest BCUT2D eigenvalue weighted by Crippen LogP contribution is -2.17. The largest absolute Gasteiger partial charge is 0.382 e.